The lowest BCUT2D eigenvalue weighted by Crippen LogP contribution is -2.02. The number of hydrogen-bond acceptors (Lipinski definition) is 3. The summed E-state index contributed by atoms with van der Waals surface area (Å²) < 4.78 is 11.8. The van der Waals surface area contributed by atoms with Gasteiger partial charge in [-0.2, -0.15) is 0 Å². The Labute approximate surface area is 133 Å². The van der Waals surface area contributed by atoms with E-state index >= 15 is 0 Å². The summed E-state index contributed by atoms with van der Waals surface area (Å²) in [6, 6.07) is 12.5. The molecule has 3 nitrogen and oxygen atoms in total. The van der Waals surface area contributed by atoms with Gasteiger partial charge >= 0.3 is 0 Å². The molecule has 2 rings (SSSR count). The topological polar surface area (TPSA) is 30.5 Å². The number of methoxy groups -OCH3 is 2. The van der Waals surface area contributed by atoms with E-state index in [2.05, 4.69) is 65.2 Å². The molecule has 20 heavy (non-hydrogen) atoms. The van der Waals surface area contributed by atoms with Crippen LogP contribution in [0.15, 0.2) is 36.4 Å². The third-order valence-corrected chi connectivity index (χ3v) is 3.84. The molecule has 2 aromatic carbocycles. The molecule has 0 saturated carbocycles. The van der Waals surface area contributed by atoms with Gasteiger partial charge in [0.15, 0.2) is 11.5 Å². The van der Waals surface area contributed by atoms with E-state index in [0.717, 1.165) is 32.9 Å². The zero-order valence-corrected chi connectivity index (χ0v) is 14.0. The second kappa shape index (κ2) is 6.83. The van der Waals surface area contributed by atoms with Gasteiger partial charge in [0.25, 0.3) is 0 Å². The van der Waals surface area contributed by atoms with Crippen molar-refractivity contribution in [3.8, 4) is 11.5 Å². The van der Waals surface area contributed by atoms with E-state index in [1.54, 1.807) is 14.2 Å². The number of hydrogen-bond donors (Lipinski definition) is 1. The second-order valence-corrected chi connectivity index (χ2v) is 5.69. The third kappa shape index (κ3) is 3.56. The van der Waals surface area contributed by atoms with E-state index in [9.17, 15) is 0 Å². The zero-order chi connectivity index (χ0) is 14.5. The largest absolute Gasteiger partial charge is 0.493 e. The van der Waals surface area contributed by atoms with Crippen molar-refractivity contribution in [3.63, 3.8) is 0 Å². The first-order valence-electron chi connectivity index (χ1n) is 6.35. The number of aryl methyl sites for hydroxylation is 1. The van der Waals surface area contributed by atoms with Crippen LogP contribution in [0.5, 0.6) is 11.5 Å². The molecule has 0 spiro atoms. The van der Waals surface area contributed by atoms with E-state index in [1.807, 2.05) is 6.07 Å². The van der Waals surface area contributed by atoms with Gasteiger partial charge in [0.05, 0.1) is 17.8 Å². The van der Waals surface area contributed by atoms with Crippen molar-refractivity contribution in [2.24, 2.45) is 0 Å². The Kier molecular flexibility index (Phi) is 5.11. The van der Waals surface area contributed by atoms with Crippen molar-refractivity contribution in [1.29, 1.82) is 0 Å². The average Bonchev–Trinajstić information content (AvgIpc) is 2.46. The van der Waals surface area contributed by atoms with Crippen LogP contribution >= 0.6 is 22.6 Å². The summed E-state index contributed by atoms with van der Waals surface area (Å²) in [6.07, 6.45) is 0. The van der Waals surface area contributed by atoms with Crippen molar-refractivity contribution in [2.75, 3.05) is 19.5 Å². The molecule has 106 valence electrons. The minimum atomic E-state index is 0.749. The van der Waals surface area contributed by atoms with Crippen LogP contribution in [0.2, 0.25) is 0 Å². The molecule has 0 unspecified atom stereocenters. The number of ether oxygens (including phenoxy) is 2. The molecule has 2 aromatic rings. The molecule has 4 heteroatoms. The standard InChI is InChI=1S/C16H18INO2/c1-11-4-6-13(7-5-11)18-10-12-8-14(17)16(20-3)15(9-12)19-2/h4-9,18H,10H2,1-3H3. The molecule has 0 radical (unpaired) electrons. The van der Waals surface area contributed by atoms with Crippen LogP contribution in [0.3, 0.4) is 0 Å². The fourth-order valence-electron chi connectivity index (χ4n) is 1.95. The summed E-state index contributed by atoms with van der Waals surface area (Å²) in [5, 5.41) is 3.40. The smallest absolute Gasteiger partial charge is 0.174 e. The van der Waals surface area contributed by atoms with Crippen LogP contribution in [0.4, 0.5) is 5.69 Å². The van der Waals surface area contributed by atoms with Gasteiger partial charge in [0, 0.05) is 12.2 Å². The Morgan fingerprint density at radius 1 is 1.05 bits per heavy atom. The van der Waals surface area contributed by atoms with E-state index in [1.165, 1.54) is 5.56 Å². The van der Waals surface area contributed by atoms with Crippen molar-refractivity contribution < 1.29 is 9.47 Å². The molecule has 0 bridgehead atoms. The van der Waals surface area contributed by atoms with Crippen LogP contribution < -0.4 is 14.8 Å². The quantitative estimate of drug-likeness (QED) is 0.784. The number of rotatable bonds is 5. The minimum Gasteiger partial charge on any atom is -0.493 e. The van der Waals surface area contributed by atoms with Gasteiger partial charge in [-0.3, -0.25) is 0 Å². The summed E-state index contributed by atoms with van der Waals surface area (Å²) in [6.45, 7) is 2.83. The molecule has 1 N–H and O–H groups in total. The van der Waals surface area contributed by atoms with Crippen LogP contribution in [0.25, 0.3) is 0 Å². The van der Waals surface area contributed by atoms with E-state index in [4.69, 9.17) is 9.47 Å². The van der Waals surface area contributed by atoms with Crippen LogP contribution in [-0.2, 0) is 6.54 Å². The molecular formula is C16H18INO2. The van der Waals surface area contributed by atoms with Crippen LogP contribution in [-0.4, -0.2) is 14.2 Å². The highest BCUT2D eigenvalue weighted by Crippen LogP contribution is 2.33. The second-order valence-electron chi connectivity index (χ2n) is 4.53. The van der Waals surface area contributed by atoms with Crippen LogP contribution in [0, 0.1) is 10.5 Å². The monoisotopic (exact) mass is 383 g/mol. The Morgan fingerprint density at radius 3 is 2.35 bits per heavy atom. The summed E-state index contributed by atoms with van der Waals surface area (Å²) in [7, 11) is 3.31. The Balaban J connectivity index is 2.13. The first-order chi connectivity index (χ1) is 9.63. The average molecular weight is 383 g/mol. The predicted octanol–water partition coefficient (Wildman–Crippen LogP) is 4.23. The number of anilines is 1. The van der Waals surface area contributed by atoms with Gasteiger partial charge in [-0.05, 0) is 59.3 Å². The fraction of sp³-hybridized carbons (Fsp3) is 0.250. The summed E-state index contributed by atoms with van der Waals surface area (Å²) in [4.78, 5) is 0. The molecule has 0 fully saturated rings. The molecule has 0 saturated heterocycles. The minimum absolute atomic E-state index is 0.749. The Morgan fingerprint density at radius 2 is 1.75 bits per heavy atom. The molecule has 0 aromatic heterocycles. The lowest BCUT2D eigenvalue weighted by atomic mass is 10.2. The van der Waals surface area contributed by atoms with Gasteiger partial charge in [-0.25, -0.2) is 0 Å². The van der Waals surface area contributed by atoms with Crippen LogP contribution in [0.1, 0.15) is 11.1 Å². The highest BCUT2D eigenvalue weighted by Gasteiger charge is 2.10. The highest BCUT2D eigenvalue weighted by atomic mass is 127. The lowest BCUT2D eigenvalue weighted by molar-refractivity contribution is 0.352. The van der Waals surface area contributed by atoms with Gasteiger partial charge in [0.2, 0.25) is 0 Å². The molecular weight excluding hydrogens is 365 g/mol. The van der Waals surface area contributed by atoms with E-state index < -0.39 is 0 Å². The number of benzene rings is 2. The predicted molar refractivity (Wildman–Crippen MR) is 90.8 cm³/mol. The fourth-order valence-corrected chi connectivity index (χ4v) is 2.83. The van der Waals surface area contributed by atoms with Gasteiger partial charge in [0.1, 0.15) is 0 Å². The number of halogens is 1. The zero-order valence-electron chi connectivity index (χ0n) is 11.9. The highest BCUT2D eigenvalue weighted by molar-refractivity contribution is 14.1. The van der Waals surface area contributed by atoms with Gasteiger partial charge in [-0.1, -0.05) is 17.7 Å². The van der Waals surface area contributed by atoms with E-state index in [-0.39, 0.29) is 0 Å². The molecule has 0 heterocycles. The first kappa shape index (κ1) is 15.0. The molecule has 0 aliphatic heterocycles. The maximum atomic E-state index is 5.37. The maximum absolute atomic E-state index is 5.37. The maximum Gasteiger partial charge on any atom is 0.174 e. The summed E-state index contributed by atoms with van der Waals surface area (Å²) in [5.74, 6) is 1.55. The Hall–Kier alpha value is -1.43. The molecule has 0 atom stereocenters. The Bertz CT molecular complexity index is 582. The van der Waals surface area contributed by atoms with Crippen molar-refractivity contribution in [1.82, 2.24) is 0 Å². The third-order valence-electron chi connectivity index (χ3n) is 3.04. The van der Waals surface area contributed by atoms with Gasteiger partial charge in [-0.15, -0.1) is 0 Å². The lowest BCUT2D eigenvalue weighted by Gasteiger charge is -2.13. The molecule has 0 aliphatic rings. The summed E-state index contributed by atoms with van der Waals surface area (Å²) in [5.41, 5.74) is 3.53. The van der Waals surface area contributed by atoms with Crippen molar-refractivity contribution in [3.05, 3.63) is 51.1 Å². The molecule has 0 amide bonds. The SMILES string of the molecule is COc1cc(CNc2ccc(C)cc2)cc(I)c1OC. The normalized spacial score (nSPS) is 10.2. The first-order valence-corrected chi connectivity index (χ1v) is 7.43. The summed E-state index contributed by atoms with van der Waals surface area (Å²) >= 11 is 2.26. The van der Waals surface area contributed by atoms with Gasteiger partial charge < -0.3 is 14.8 Å². The van der Waals surface area contributed by atoms with Crippen molar-refractivity contribution >= 4 is 28.3 Å². The van der Waals surface area contributed by atoms with E-state index in [0.29, 0.717) is 0 Å². The number of nitrogens with one attached hydrogen (secondary N) is 1. The molecule has 0 aliphatic carbocycles. The van der Waals surface area contributed by atoms with Crippen molar-refractivity contribution in [2.45, 2.75) is 13.5 Å².